The Kier molecular flexibility index (Phi) is 5.45. The van der Waals surface area contributed by atoms with Gasteiger partial charge in [0.25, 0.3) is 0 Å². The van der Waals surface area contributed by atoms with Crippen LogP contribution in [0.3, 0.4) is 0 Å². The minimum absolute atomic E-state index is 0.255. The molecule has 1 aliphatic carbocycles. The highest BCUT2D eigenvalue weighted by Gasteiger charge is 2.24. The molecular weight excluding hydrogens is 178 g/mol. The van der Waals surface area contributed by atoms with Crippen LogP contribution in [-0.4, -0.2) is 30.5 Å². The van der Waals surface area contributed by atoms with Crippen LogP contribution >= 0.6 is 0 Å². The quantitative estimate of drug-likeness (QED) is 0.704. The lowest BCUT2D eigenvalue weighted by Crippen LogP contribution is -2.33. The van der Waals surface area contributed by atoms with Crippen molar-refractivity contribution in [2.45, 2.75) is 51.2 Å². The van der Waals surface area contributed by atoms with Crippen molar-refractivity contribution in [3.63, 3.8) is 0 Å². The third-order valence-corrected chi connectivity index (χ3v) is 3.01. The molecule has 3 heteroatoms. The van der Waals surface area contributed by atoms with Gasteiger partial charge in [-0.1, -0.05) is 12.8 Å². The Morgan fingerprint density at radius 3 is 2.79 bits per heavy atom. The molecular formula is C11H23NO2. The molecule has 0 bridgehead atoms. The fourth-order valence-electron chi connectivity index (χ4n) is 2.05. The van der Waals surface area contributed by atoms with E-state index in [0.29, 0.717) is 18.6 Å². The zero-order chi connectivity index (χ0) is 10.4. The third-order valence-electron chi connectivity index (χ3n) is 3.01. The molecule has 0 saturated heterocycles. The second kappa shape index (κ2) is 6.38. The molecule has 0 aromatic rings. The van der Waals surface area contributed by atoms with Gasteiger partial charge in [-0.15, -0.1) is 0 Å². The number of ether oxygens (including phenoxy) is 1. The van der Waals surface area contributed by atoms with Crippen molar-refractivity contribution >= 4 is 0 Å². The van der Waals surface area contributed by atoms with Gasteiger partial charge in [0.2, 0.25) is 0 Å². The number of hydrogen-bond donors (Lipinski definition) is 2. The summed E-state index contributed by atoms with van der Waals surface area (Å²) in [5, 5.41) is 9.10. The minimum atomic E-state index is -0.255. The lowest BCUT2D eigenvalue weighted by Gasteiger charge is -2.30. The molecule has 14 heavy (non-hydrogen) atoms. The van der Waals surface area contributed by atoms with Crippen molar-refractivity contribution in [1.29, 1.82) is 0 Å². The SMILES string of the molecule is CC(O)CCOC1CCCCC1CN. The molecule has 3 atom stereocenters. The predicted octanol–water partition coefficient (Wildman–Crippen LogP) is 1.29. The second-order valence-electron chi connectivity index (χ2n) is 4.33. The molecule has 1 rings (SSSR count). The molecule has 84 valence electrons. The molecule has 3 N–H and O–H groups in total. The fourth-order valence-corrected chi connectivity index (χ4v) is 2.05. The van der Waals surface area contributed by atoms with E-state index in [0.717, 1.165) is 19.4 Å². The van der Waals surface area contributed by atoms with E-state index >= 15 is 0 Å². The highest BCUT2D eigenvalue weighted by Crippen LogP contribution is 2.26. The molecule has 0 spiro atoms. The normalized spacial score (nSPS) is 30.2. The Hall–Kier alpha value is -0.120. The summed E-state index contributed by atoms with van der Waals surface area (Å²) in [7, 11) is 0. The Labute approximate surface area is 86.6 Å². The van der Waals surface area contributed by atoms with Gasteiger partial charge < -0.3 is 15.6 Å². The van der Waals surface area contributed by atoms with Gasteiger partial charge in [0.15, 0.2) is 0 Å². The summed E-state index contributed by atoms with van der Waals surface area (Å²) in [6.45, 7) is 3.20. The summed E-state index contributed by atoms with van der Waals surface area (Å²) in [6.07, 6.45) is 5.71. The van der Waals surface area contributed by atoms with Crippen LogP contribution in [0.1, 0.15) is 39.0 Å². The van der Waals surface area contributed by atoms with E-state index in [9.17, 15) is 0 Å². The van der Waals surface area contributed by atoms with Gasteiger partial charge in [0.1, 0.15) is 0 Å². The summed E-state index contributed by atoms with van der Waals surface area (Å²) in [4.78, 5) is 0. The first kappa shape index (κ1) is 12.0. The Morgan fingerprint density at radius 1 is 1.43 bits per heavy atom. The topological polar surface area (TPSA) is 55.5 Å². The average molecular weight is 201 g/mol. The number of aliphatic hydroxyl groups excluding tert-OH is 1. The molecule has 0 amide bonds. The van der Waals surface area contributed by atoms with E-state index in [1.165, 1.54) is 19.3 Å². The van der Waals surface area contributed by atoms with Crippen molar-refractivity contribution in [3.8, 4) is 0 Å². The maximum absolute atomic E-state index is 9.10. The summed E-state index contributed by atoms with van der Waals surface area (Å²) >= 11 is 0. The molecule has 0 aromatic carbocycles. The Balaban J connectivity index is 2.19. The van der Waals surface area contributed by atoms with E-state index in [1.54, 1.807) is 6.92 Å². The van der Waals surface area contributed by atoms with Crippen molar-refractivity contribution in [3.05, 3.63) is 0 Å². The average Bonchev–Trinajstić information content (AvgIpc) is 2.18. The van der Waals surface area contributed by atoms with E-state index in [4.69, 9.17) is 15.6 Å². The third kappa shape index (κ3) is 3.95. The van der Waals surface area contributed by atoms with Gasteiger partial charge in [0, 0.05) is 6.61 Å². The molecule has 0 aliphatic heterocycles. The van der Waals surface area contributed by atoms with Crippen LogP contribution in [0.25, 0.3) is 0 Å². The summed E-state index contributed by atoms with van der Waals surface area (Å²) in [5.74, 6) is 0.540. The van der Waals surface area contributed by atoms with Crippen molar-refractivity contribution in [1.82, 2.24) is 0 Å². The van der Waals surface area contributed by atoms with E-state index < -0.39 is 0 Å². The maximum Gasteiger partial charge on any atom is 0.0615 e. The first-order valence-electron chi connectivity index (χ1n) is 5.73. The molecule has 1 aliphatic rings. The van der Waals surface area contributed by atoms with Crippen LogP contribution in [0.15, 0.2) is 0 Å². The predicted molar refractivity (Wildman–Crippen MR) is 57.1 cm³/mol. The van der Waals surface area contributed by atoms with Crippen molar-refractivity contribution in [2.75, 3.05) is 13.2 Å². The van der Waals surface area contributed by atoms with Gasteiger partial charge in [-0.3, -0.25) is 0 Å². The first-order valence-corrected chi connectivity index (χ1v) is 5.73. The highest BCUT2D eigenvalue weighted by atomic mass is 16.5. The highest BCUT2D eigenvalue weighted by molar-refractivity contribution is 4.76. The standard InChI is InChI=1S/C11H23NO2/c1-9(13)6-7-14-11-5-3-2-4-10(11)8-12/h9-11,13H,2-8,12H2,1H3. The lowest BCUT2D eigenvalue weighted by molar-refractivity contribution is -0.0193. The van der Waals surface area contributed by atoms with Gasteiger partial charge in [0.05, 0.1) is 12.2 Å². The molecule has 0 heterocycles. The van der Waals surface area contributed by atoms with Crippen molar-refractivity contribution in [2.24, 2.45) is 11.7 Å². The van der Waals surface area contributed by atoms with E-state index in [1.807, 2.05) is 0 Å². The van der Waals surface area contributed by atoms with Crippen LogP contribution in [0, 0.1) is 5.92 Å². The molecule has 0 aromatic heterocycles. The van der Waals surface area contributed by atoms with Crippen LogP contribution in [0.2, 0.25) is 0 Å². The second-order valence-corrected chi connectivity index (χ2v) is 4.33. The van der Waals surface area contributed by atoms with Crippen molar-refractivity contribution < 1.29 is 9.84 Å². The zero-order valence-electron chi connectivity index (χ0n) is 9.11. The number of hydrogen-bond acceptors (Lipinski definition) is 3. The van der Waals surface area contributed by atoms with Gasteiger partial charge >= 0.3 is 0 Å². The monoisotopic (exact) mass is 201 g/mol. The largest absolute Gasteiger partial charge is 0.393 e. The summed E-state index contributed by atoms with van der Waals surface area (Å²) in [6, 6.07) is 0. The zero-order valence-corrected chi connectivity index (χ0v) is 9.11. The number of nitrogens with two attached hydrogens (primary N) is 1. The molecule has 3 nitrogen and oxygen atoms in total. The Morgan fingerprint density at radius 2 is 2.14 bits per heavy atom. The molecule has 1 fully saturated rings. The van der Waals surface area contributed by atoms with E-state index in [2.05, 4.69) is 0 Å². The molecule has 3 unspecified atom stereocenters. The fraction of sp³-hybridized carbons (Fsp3) is 1.00. The number of rotatable bonds is 5. The van der Waals surface area contributed by atoms with Crippen LogP contribution < -0.4 is 5.73 Å². The smallest absolute Gasteiger partial charge is 0.0615 e. The van der Waals surface area contributed by atoms with Gasteiger partial charge in [-0.25, -0.2) is 0 Å². The lowest BCUT2D eigenvalue weighted by atomic mass is 9.86. The van der Waals surface area contributed by atoms with E-state index in [-0.39, 0.29) is 6.10 Å². The minimum Gasteiger partial charge on any atom is -0.393 e. The molecule has 1 saturated carbocycles. The first-order chi connectivity index (χ1) is 6.74. The van der Waals surface area contributed by atoms with Gasteiger partial charge in [-0.05, 0) is 38.6 Å². The Bertz CT molecular complexity index is 150. The van der Waals surface area contributed by atoms with Crippen LogP contribution in [-0.2, 0) is 4.74 Å². The van der Waals surface area contributed by atoms with Crippen LogP contribution in [0.5, 0.6) is 0 Å². The summed E-state index contributed by atoms with van der Waals surface area (Å²) < 4.78 is 5.76. The summed E-state index contributed by atoms with van der Waals surface area (Å²) in [5.41, 5.74) is 5.70. The van der Waals surface area contributed by atoms with Gasteiger partial charge in [-0.2, -0.15) is 0 Å². The van der Waals surface area contributed by atoms with Crippen LogP contribution in [0.4, 0.5) is 0 Å². The number of aliphatic hydroxyl groups is 1. The maximum atomic E-state index is 9.10. The molecule has 0 radical (unpaired) electrons.